The zero-order valence-corrected chi connectivity index (χ0v) is 7.05. The SMILES string of the molecule is CC(O)OS(=O)(=O)C(C)C. The lowest BCUT2D eigenvalue weighted by Gasteiger charge is -2.09. The topological polar surface area (TPSA) is 63.6 Å². The number of aliphatic hydroxyl groups excluding tert-OH is 1. The van der Waals surface area contributed by atoms with Gasteiger partial charge in [-0.05, 0) is 20.8 Å². The van der Waals surface area contributed by atoms with Crippen molar-refractivity contribution in [2.24, 2.45) is 0 Å². The van der Waals surface area contributed by atoms with Gasteiger partial charge in [-0.25, -0.2) is 4.18 Å². The molecular formula is C5H12O4S. The molecule has 62 valence electrons. The van der Waals surface area contributed by atoms with Crippen LogP contribution in [0.1, 0.15) is 20.8 Å². The predicted molar refractivity (Wildman–Crippen MR) is 36.8 cm³/mol. The van der Waals surface area contributed by atoms with E-state index in [1.807, 2.05) is 0 Å². The number of hydrogen-bond acceptors (Lipinski definition) is 4. The van der Waals surface area contributed by atoms with Gasteiger partial charge in [0.05, 0.1) is 5.25 Å². The van der Waals surface area contributed by atoms with Crippen LogP contribution in [-0.2, 0) is 14.3 Å². The number of aliphatic hydroxyl groups is 1. The molecule has 0 radical (unpaired) electrons. The van der Waals surface area contributed by atoms with Crippen molar-refractivity contribution in [1.82, 2.24) is 0 Å². The second-order valence-corrected chi connectivity index (χ2v) is 4.36. The monoisotopic (exact) mass is 168 g/mol. The van der Waals surface area contributed by atoms with Gasteiger partial charge >= 0.3 is 0 Å². The van der Waals surface area contributed by atoms with Gasteiger partial charge < -0.3 is 5.11 Å². The van der Waals surface area contributed by atoms with Gasteiger partial charge in [-0.2, -0.15) is 8.42 Å². The molecule has 0 aromatic carbocycles. The minimum atomic E-state index is -3.55. The second-order valence-electron chi connectivity index (χ2n) is 2.24. The molecule has 0 aliphatic carbocycles. The summed E-state index contributed by atoms with van der Waals surface area (Å²) in [5.41, 5.74) is 0. The molecule has 0 saturated carbocycles. The standard InChI is InChI=1S/C5H12O4S/c1-4(2)10(7,8)9-5(3)6/h4-6H,1-3H3. The average molecular weight is 168 g/mol. The fourth-order valence-corrected chi connectivity index (χ4v) is 0.916. The summed E-state index contributed by atoms with van der Waals surface area (Å²) in [6.07, 6.45) is -1.26. The largest absolute Gasteiger partial charge is 0.367 e. The highest BCUT2D eigenvalue weighted by atomic mass is 32.2. The molecule has 1 N–H and O–H groups in total. The van der Waals surface area contributed by atoms with E-state index in [0.29, 0.717) is 0 Å². The van der Waals surface area contributed by atoms with Crippen molar-refractivity contribution in [3.8, 4) is 0 Å². The van der Waals surface area contributed by atoms with Gasteiger partial charge in [0.1, 0.15) is 0 Å². The molecule has 0 heterocycles. The van der Waals surface area contributed by atoms with E-state index >= 15 is 0 Å². The number of rotatable bonds is 3. The fourth-order valence-electron chi connectivity index (χ4n) is 0.305. The average Bonchev–Trinajstić information content (AvgIpc) is 1.60. The number of hydrogen-bond donors (Lipinski definition) is 1. The summed E-state index contributed by atoms with van der Waals surface area (Å²) >= 11 is 0. The first-order valence-corrected chi connectivity index (χ1v) is 4.43. The molecular weight excluding hydrogens is 156 g/mol. The van der Waals surface area contributed by atoms with E-state index in [9.17, 15) is 8.42 Å². The quantitative estimate of drug-likeness (QED) is 0.479. The van der Waals surface area contributed by atoms with Crippen LogP contribution >= 0.6 is 0 Å². The lowest BCUT2D eigenvalue weighted by Crippen LogP contribution is -2.22. The first kappa shape index (κ1) is 9.87. The van der Waals surface area contributed by atoms with Gasteiger partial charge in [0.15, 0.2) is 6.29 Å². The maximum absolute atomic E-state index is 10.8. The molecule has 0 rings (SSSR count). The molecule has 5 heteroatoms. The molecule has 1 unspecified atom stereocenters. The van der Waals surface area contributed by atoms with E-state index in [1.165, 1.54) is 20.8 Å². The Hall–Kier alpha value is -0.130. The van der Waals surface area contributed by atoms with Crippen LogP contribution in [-0.4, -0.2) is 25.1 Å². The fraction of sp³-hybridized carbons (Fsp3) is 1.00. The van der Waals surface area contributed by atoms with Crippen LogP contribution in [0.5, 0.6) is 0 Å². The smallest absolute Gasteiger partial charge is 0.272 e. The van der Waals surface area contributed by atoms with E-state index < -0.39 is 21.7 Å². The molecule has 1 atom stereocenters. The lowest BCUT2D eigenvalue weighted by molar-refractivity contribution is 0.00466. The Morgan fingerprint density at radius 1 is 1.30 bits per heavy atom. The summed E-state index contributed by atoms with van der Waals surface area (Å²) in [7, 11) is -3.55. The molecule has 10 heavy (non-hydrogen) atoms. The highest BCUT2D eigenvalue weighted by Gasteiger charge is 2.18. The van der Waals surface area contributed by atoms with Crippen molar-refractivity contribution in [1.29, 1.82) is 0 Å². The van der Waals surface area contributed by atoms with Crippen LogP contribution < -0.4 is 0 Å². The third-order valence-corrected chi connectivity index (χ3v) is 2.55. The third-order valence-electron chi connectivity index (χ3n) is 0.851. The van der Waals surface area contributed by atoms with Gasteiger partial charge in [0.2, 0.25) is 0 Å². The minimum absolute atomic E-state index is 0.609. The van der Waals surface area contributed by atoms with Crippen molar-refractivity contribution in [3.05, 3.63) is 0 Å². The van der Waals surface area contributed by atoms with Crippen LogP contribution in [0.2, 0.25) is 0 Å². The van der Waals surface area contributed by atoms with Gasteiger partial charge in [0, 0.05) is 0 Å². The molecule has 0 aromatic heterocycles. The van der Waals surface area contributed by atoms with Crippen LogP contribution in [0.15, 0.2) is 0 Å². The molecule has 0 aliphatic heterocycles. The molecule has 0 spiro atoms. The van der Waals surface area contributed by atoms with Gasteiger partial charge in [-0.15, -0.1) is 0 Å². The maximum Gasteiger partial charge on any atom is 0.272 e. The van der Waals surface area contributed by atoms with Crippen molar-refractivity contribution in [2.75, 3.05) is 0 Å². The van der Waals surface area contributed by atoms with Crippen LogP contribution in [0, 0.1) is 0 Å². The Morgan fingerprint density at radius 2 is 1.70 bits per heavy atom. The zero-order chi connectivity index (χ0) is 8.36. The Morgan fingerprint density at radius 3 is 1.80 bits per heavy atom. The molecule has 4 nitrogen and oxygen atoms in total. The van der Waals surface area contributed by atoms with E-state index in [-0.39, 0.29) is 0 Å². The first-order chi connectivity index (χ1) is 4.36. The normalized spacial score (nSPS) is 15.7. The zero-order valence-electron chi connectivity index (χ0n) is 6.23. The molecule has 0 fully saturated rings. The predicted octanol–water partition coefficient (Wildman–Crippen LogP) is 0.0795. The summed E-state index contributed by atoms with van der Waals surface area (Å²) in [6, 6.07) is 0. The van der Waals surface area contributed by atoms with Gasteiger partial charge in [-0.1, -0.05) is 0 Å². The summed E-state index contributed by atoms with van der Waals surface area (Å²) in [5, 5.41) is 7.93. The van der Waals surface area contributed by atoms with Gasteiger partial charge in [0.25, 0.3) is 10.1 Å². The Kier molecular flexibility index (Phi) is 3.27. The Bertz CT molecular complexity index is 180. The molecule has 0 aliphatic rings. The van der Waals surface area contributed by atoms with E-state index in [2.05, 4.69) is 4.18 Å². The summed E-state index contributed by atoms with van der Waals surface area (Å²) in [5.74, 6) is 0. The van der Waals surface area contributed by atoms with E-state index in [1.54, 1.807) is 0 Å². The highest BCUT2D eigenvalue weighted by molar-refractivity contribution is 7.87. The van der Waals surface area contributed by atoms with Crippen molar-refractivity contribution < 1.29 is 17.7 Å². The lowest BCUT2D eigenvalue weighted by atomic mass is 10.6. The van der Waals surface area contributed by atoms with Crippen molar-refractivity contribution >= 4 is 10.1 Å². The highest BCUT2D eigenvalue weighted by Crippen LogP contribution is 2.04. The van der Waals surface area contributed by atoms with Crippen LogP contribution in [0.4, 0.5) is 0 Å². The Balaban J connectivity index is 4.16. The molecule has 0 bridgehead atoms. The summed E-state index contributed by atoms with van der Waals surface area (Å²) < 4.78 is 25.7. The van der Waals surface area contributed by atoms with Crippen LogP contribution in [0.3, 0.4) is 0 Å². The molecule has 0 aromatic rings. The third kappa shape index (κ3) is 3.14. The van der Waals surface area contributed by atoms with Crippen molar-refractivity contribution in [2.45, 2.75) is 32.3 Å². The van der Waals surface area contributed by atoms with E-state index in [4.69, 9.17) is 5.11 Å². The van der Waals surface area contributed by atoms with Crippen LogP contribution in [0.25, 0.3) is 0 Å². The van der Waals surface area contributed by atoms with Crippen molar-refractivity contribution in [3.63, 3.8) is 0 Å². The van der Waals surface area contributed by atoms with E-state index in [0.717, 1.165) is 0 Å². The summed E-state index contributed by atoms with van der Waals surface area (Å²) in [4.78, 5) is 0. The van der Waals surface area contributed by atoms with Gasteiger partial charge in [-0.3, -0.25) is 0 Å². The second kappa shape index (κ2) is 3.32. The molecule has 0 saturated heterocycles. The Labute approximate surface area is 60.9 Å². The molecule has 0 amide bonds. The first-order valence-electron chi connectivity index (χ1n) is 2.96. The summed E-state index contributed by atoms with van der Waals surface area (Å²) in [6.45, 7) is 4.22. The maximum atomic E-state index is 10.8. The minimum Gasteiger partial charge on any atom is -0.367 e.